The number of piperidine rings is 1. The lowest BCUT2D eigenvalue weighted by molar-refractivity contribution is 0.188. The fraction of sp³-hybridized carbons (Fsp3) is 0.615. The topological polar surface area (TPSA) is 87.1 Å². The van der Waals surface area contributed by atoms with Gasteiger partial charge in [-0.2, -0.15) is 9.61 Å². The monoisotopic (exact) mass is 276 g/mol. The van der Waals surface area contributed by atoms with Gasteiger partial charge in [0.25, 0.3) is 0 Å². The molecule has 7 nitrogen and oxygen atoms in total. The summed E-state index contributed by atoms with van der Waals surface area (Å²) in [5.41, 5.74) is 0.471. The van der Waals surface area contributed by atoms with Gasteiger partial charge in [0.1, 0.15) is 5.82 Å². The summed E-state index contributed by atoms with van der Waals surface area (Å²) in [5.74, 6) is 0.684. The van der Waals surface area contributed by atoms with Crippen molar-refractivity contribution in [3.8, 4) is 0 Å². The quantitative estimate of drug-likeness (QED) is 0.764. The maximum atomic E-state index is 11.5. The number of rotatable bonds is 3. The number of aromatic amines is 1. The molecule has 1 unspecified atom stereocenters. The number of nitrogens with zero attached hydrogens (tertiary/aromatic N) is 3. The summed E-state index contributed by atoms with van der Waals surface area (Å²) >= 11 is 0. The van der Waals surface area contributed by atoms with Crippen molar-refractivity contribution >= 4 is 11.5 Å². The smallest absolute Gasteiger partial charge is 0.364 e. The molecular formula is C13H20N6O. The zero-order valence-electron chi connectivity index (χ0n) is 11.8. The Morgan fingerprint density at radius 1 is 1.50 bits per heavy atom. The molecule has 108 valence electrons. The Morgan fingerprint density at radius 2 is 2.35 bits per heavy atom. The maximum absolute atomic E-state index is 11.5. The fourth-order valence-corrected chi connectivity index (χ4v) is 2.72. The summed E-state index contributed by atoms with van der Waals surface area (Å²) in [4.78, 5) is 11.5. The van der Waals surface area contributed by atoms with Crippen LogP contribution in [-0.4, -0.2) is 38.9 Å². The second-order valence-corrected chi connectivity index (χ2v) is 6.00. The van der Waals surface area contributed by atoms with Crippen molar-refractivity contribution < 1.29 is 0 Å². The van der Waals surface area contributed by atoms with Gasteiger partial charge in [-0.3, -0.25) is 0 Å². The summed E-state index contributed by atoms with van der Waals surface area (Å²) < 4.78 is 1.27. The van der Waals surface area contributed by atoms with Crippen LogP contribution in [0.3, 0.4) is 0 Å². The van der Waals surface area contributed by atoms with Crippen LogP contribution in [0, 0.1) is 5.41 Å². The van der Waals surface area contributed by atoms with E-state index in [1.807, 2.05) is 6.07 Å². The van der Waals surface area contributed by atoms with E-state index in [9.17, 15) is 4.79 Å². The van der Waals surface area contributed by atoms with Gasteiger partial charge in [-0.25, -0.2) is 9.89 Å². The number of H-pyrrole nitrogens is 1. The first-order chi connectivity index (χ1) is 9.56. The highest BCUT2D eigenvalue weighted by molar-refractivity contribution is 5.43. The van der Waals surface area contributed by atoms with Crippen LogP contribution in [-0.2, 0) is 0 Å². The summed E-state index contributed by atoms with van der Waals surface area (Å²) in [6.07, 6.45) is 2.44. The number of nitrogens with one attached hydrogen (secondary N) is 3. The fourth-order valence-electron chi connectivity index (χ4n) is 2.72. The number of hydrogen-bond acceptors (Lipinski definition) is 5. The molecule has 0 spiro atoms. The van der Waals surface area contributed by atoms with Crippen molar-refractivity contribution in [3.05, 3.63) is 22.6 Å². The summed E-state index contributed by atoms with van der Waals surface area (Å²) in [5, 5.41) is 17.3. The zero-order chi connectivity index (χ0) is 14.2. The molecule has 0 aromatic carbocycles. The molecule has 3 heterocycles. The van der Waals surface area contributed by atoms with E-state index in [0.717, 1.165) is 13.1 Å². The normalized spacial score (nSPS) is 22.0. The van der Waals surface area contributed by atoms with Crippen LogP contribution in [0.15, 0.2) is 16.9 Å². The third-order valence-electron chi connectivity index (χ3n) is 4.09. The van der Waals surface area contributed by atoms with E-state index in [1.165, 1.54) is 17.4 Å². The molecule has 3 rings (SSSR count). The standard InChI is InChI=1S/C13H20N6O/c1-13(2)6-3-7-14-9(13)8-15-10-4-5-11-16-17-12(20)19(11)18-10/h4-5,9,14H,3,6-8H2,1-2H3,(H,15,18)(H,17,20). The number of hydrogen-bond donors (Lipinski definition) is 3. The van der Waals surface area contributed by atoms with Gasteiger partial charge in [-0.1, -0.05) is 13.8 Å². The SMILES string of the molecule is CC1(C)CCCNC1CNc1ccc2n[nH]c(=O)n2n1. The predicted molar refractivity (Wildman–Crippen MR) is 76.9 cm³/mol. The Hall–Kier alpha value is -1.89. The van der Waals surface area contributed by atoms with Crippen LogP contribution in [0.25, 0.3) is 5.65 Å². The van der Waals surface area contributed by atoms with Crippen LogP contribution in [0.1, 0.15) is 26.7 Å². The third kappa shape index (κ3) is 2.40. The highest BCUT2D eigenvalue weighted by atomic mass is 16.2. The number of fused-ring (bicyclic) bond motifs is 1. The molecule has 0 saturated carbocycles. The molecule has 0 bridgehead atoms. The molecule has 2 aromatic heterocycles. The Labute approximate surface area is 116 Å². The van der Waals surface area contributed by atoms with Crippen molar-refractivity contribution in [2.24, 2.45) is 5.41 Å². The Balaban J connectivity index is 1.73. The van der Waals surface area contributed by atoms with Gasteiger partial charge in [0, 0.05) is 12.6 Å². The van der Waals surface area contributed by atoms with Crippen molar-refractivity contribution in [1.82, 2.24) is 25.1 Å². The van der Waals surface area contributed by atoms with E-state index in [1.54, 1.807) is 6.07 Å². The van der Waals surface area contributed by atoms with Crippen LogP contribution in [0.5, 0.6) is 0 Å². The third-order valence-corrected chi connectivity index (χ3v) is 4.09. The first kappa shape index (κ1) is 13.1. The van der Waals surface area contributed by atoms with Gasteiger partial charge >= 0.3 is 5.69 Å². The molecular weight excluding hydrogens is 256 g/mol. The molecule has 2 aromatic rings. The van der Waals surface area contributed by atoms with E-state index >= 15 is 0 Å². The highest BCUT2D eigenvalue weighted by Gasteiger charge is 2.31. The Morgan fingerprint density at radius 3 is 3.15 bits per heavy atom. The molecule has 0 aliphatic carbocycles. The molecule has 3 N–H and O–H groups in total. The van der Waals surface area contributed by atoms with Crippen molar-refractivity contribution in [3.63, 3.8) is 0 Å². The van der Waals surface area contributed by atoms with E-state index in [2.05, 4.69) is 39.8 Å². The lowest BCUT2D eigenvalue weighted by Gasteiger charge is -2.39. The van der Waals surface area contributed by atoms with E-state index in [-0.39, 0.29) is 11.1 Å². The molecule has 0 radical (unpaired) electrons. The average Bonchev–Trinajstić information content (AvgIpc) is 2.79. The zero-order valence-corrected chi connectivity index (χ0v) is 11.8. The van der Waals surface area contributed by atoms with Crippen LogP contribution in [0.2, 0.25) is 0 Å². The molecule has 1 atom stereocenters. The lowest BCUT2D eigenvalue weighted by atomic mass is 9.77. The lowest BCUT2D eigenvalue weighted by Crippen LogP contribution is -2.50. The van der Waals surface area contributed by atoms with E-state index in [0.29, 0.717) is 17.5 Å². The van der Waals surface area contributed by atoms with Gasteiger partial charge in [0.05, 0.1) is 0 Å². The second-order valence-electron chi connectivity index (χ2n) is 6.00. The summed E-state index contributed by atoms with van der Waals surface area (Å²) in [6, 6.07) is 4.01. The van der Waals surface area contributed by atoms with Gasteiger partial charge < -0.3 is 10.6 Å². The van der Waals surface area contributed by atoms with Crippen LogP contribution < -0.4 is 16.3 Å². The molecule has 1 fully saturated rings. The highest BCUT2D eigenvalue weighted by Crippen LogP contribution is 2.29. The van der Waals surface area contributed by atoms with E-state index in [4.69, 9.17) is 0 Å². The minimum Gasteiger partial charge on any atom is -0.367 e. The summed E-state index contributed by atoms with van der Waals surface area (Å²) in [6.45, 7) is 6.41. The first-order valence-corrected chi connectivity index (χ1v) is 6.98. The second kappa shape index (κ2) is 4.90. The minimum absolute atomic E-state index is 0.266. The van der Waals surface area contributed by atoms with Crippen molar-refractivity contribution in [2.75, 3.05) is 18.4 Å². The predicted octanol–water partition coefficient (Wildman–Crippen LogP) is 0.608. The van der Waals surface area contributed by atoms with Gasteiger partial charge in [-0.15, -0.1) is 5.10 Å². The molecule has 0 amide bonds. The Kier molecular flexibility index (Phi) is 3.21. The molecule has 20 heavy (non-hydrogen) atoms. The average molecular weight is 276 g/mol. The minimum atomic E-state index is -0.320. The van der Waals surface area contributed by atoms with Crippen molar-refractivity contribution in [2.45, 2.75) is 32.7 Å². The first-order valence-electron chi connectivity index (χ1n) is 6.98. The number of aromatic nitrogens is 4. The number of anilines is 1. The molecule has 1 aliphatic heterocycles. The van der Waals surface area contributed by atoms with Crippen LogP contribution in [0.4, 0.5) is 5.82 Å². The van der Waals surface area contributed by atoms with Gasteiger partial charge in [0.15, 0.2) is 5.65 Å². The van der Waals surface area contributed by atoms with E-state index < -0.39 is 0 Å². The molecule has 1 aliphatic rings. The van der Waals surface area contributed by atoms with Gasteiger partial charge in [-0.05, 0) is 36.9 Å². The Bertz CT molecular complexity index is 658. The summed E-state index contributed by atoms with van der Waals surface area (Å²) in [7, 11) is 0. The van der Waals surface area contributed by atoms with Crippen molar-refractivity contribution in [1.29, 1.82) is 0 Å². The molecule has 1 saturated heterocycles. The maximum Gasteiger partial charge on any atom is 0.364 e. The molecule has 7 heteroatoms. The van der Waals surface area contributed by atoms with Crippen LogP contribution >= 0.6 is 0 Å². The van der Waals surface area contributed by atoms with Gasteiger partial charge in [0.2, 0.25) is 0 Å². The largest absolute Gasteiger partial charge is 0.367 e.